The van der Waals surface area contributed by atoms with Crippen molar-refractivity contribution in [1.29, 1.82) is 0 Å². The van der Waals surface area contributed by atoms with E-state index in [2.05, 4.69) is 20.6 Å². The molecule has 0 unspecified atom stereocenters. The van der Waals surface area contributed by atoms with Crippen LogP contribution in [0.5, 0.6) is 0 Å². The van der Waals surface area contributed by atoms with E-state index in [-0.39, 0.29) is 23.5 Å². The number of carbonyl (C=O) groups excluding carboxylic acids is 1. The van der Waals surface area contributed by atoms with Crippen molar-refractivity contribution >= 4 is 22.8 Å². The quantitative estimate of drug-likeness (QED) is 0.779. The molecule has 2 aromatic heterocycles. The van der Waals surface area contributed by atoms with Crippen LogP contribution in [-0.4, -0.2) is 30.5 Å². The van der Waals surface area contributed by atoms with Crippen LogP contribution in [0.3, 0.4) is 0 Å². The van der Waals surface area contributed by atoms with Gasteiger partial charge in [-0.15, -0.1) is 5.10 Å². The number of carbonyl (C=O) groups is 1. The maximum Gasteiger partial charge on any atom is 0.283 e. The number of rotatable bonds is 4. The van der Waals surface area contributed by atoms with Gasteiger partial charge in [0.05, 0.1) is 0 Å². The predicted octanol–water partition coefficient (Wildman–Crippen LogP) is 1.26. The number of anilines is 1. The number of hydrogen-bond donors (Lipinski definition) is 1. The highest BCUT2D eigenvalue weighted by Crippen LogP contribution is 2.17. The Balaban J connectivity index is 1.84. The minimum Gasteiger partial charge on any atom is -0.324 e. The fourth-order valence-electron chi connectivity index (χ4n) is 2.44. The fourth-order valence-corrected chi connectivity index (χ4v) is 2.44. The van der Waals surface area contributed by atoms with Crippen molar-refractivity contribution in [3.8, 4) is 0 Å². The summed E-state index contributed by atoms with van der Waals surface area (Å²) in [6.45, 7) is 6.24. The highest BCUT2D eigenvalue weighted by molar-refractivity contribution is 5.91. The summed E-state index contributed by atoms with van der Waals surface area (Å²) in [5, 5.41) is 10.5. The first-order chi connectivity index (χ1) is 11.5. The second-order valence-electron chi connectivity index (χ2n) is 5.55. The molecule has 0 saturated heterocycles. The van der Waals surface area contributed by atoms with Crippen LogP contribution in [0.15, 0.2) is 29.3 Å². The van der Waals surface area contributed by atoms with E-state index >= 15 is 0 Å². The van der Waals surface area contributed by atoms with Crippen LogP contribution in [0, 0.1) is 13.8 Å². The summed E-state index contributed by atoms with van der Waals surface area (Å²) in [5.74, 6) is -0.296. The van der Waals surface area contributed by atoms with Crippen LogP contribution in [0.1, 0.15) is 18.1 Å². The van der Waals surface area contributed by atoms with Crippen molar-refractivity contribution in [1.82, 2.24) is 24.5 Å². The van der Waals surface area contributed by atoms with E-state index in [1.807, 2.05) is 39.0 Å². The molecule has 1 N–H and O–H groups in total. The summed E-state index contributed by atoms with van der Waals surface area (Å²) >= 11 is 0. The molecule has 0 spiro atoms. The zero-order valence-electron chi connectivity index (χ0n) is 13.8. The lowest BCUT2D eigenvalue weighted by Crippen LogP contribution is -2.28. The smallest absolute Gasteiger partial charge is 0.283 e. The van der Waals surface area contributed by atoms with Gasteiger partial charge in [-0.2, -0.15) is 0 Å². The molecule has 1 amide bonds. The Morgan fingerprint density at radius 1 is 1.29 bits per heavy atom. The minimum atomic E-state index is -0.379. The Hall–Kier alpha value is -3.03. The van der Waals surface area contributed by atoms with E-state index < -0.39 is 0 Å². The SMILES string of the molecule is CCn1nnc2c(=O)n(CC(=O)Nc3cccc(C)c3C)cnc21. The maximum atomic E-state index is 12.4. The standard InChI is InChI=1S/C16H18N6O2/c1-4-22-15-14(19-20-22)16(24)21(9-17-15)8-13(23)18-12-7-5-6-10(2)11(12)3/h5-7,9H,4,8H2,1-3H3,(H,18,23). The van der Waals surface area contributed by atoms with Crippen molar-refractivity contribution in [2.45, 2.75) is 33.9 Å². The molecule has 0 saturated carbocycles. The van der Waals surface area contributed by atoms with Gasteiger partial charge in [0.15, 0.2) is 11.2 Å². The molecule has 3 rings (SSSR count). The highest BCUT2D eigenvalue weighted by atomic mass is 16.2. The van der Waals surface area contributed by atoms with Crippen LogP contribution in [0.4, 0.5) is 5.69 Å². The Bertz CT molecular complexity index is 972. The van der Waals surface area contributed by atoms with Gasteiger partial charge in [-0.25, -0.2) is 9.67 Å². The summed E-state index contributed by atoms with van der Waals surface area (Å²) in [4.78, 5) is 28.8. The van der Waals surface area contributed by atoms with Crippen molar-refractivity contribution in [3.05, 3.63) is 46.0 Å². The second-order valence-corrected chi connectivity index (χ2v) is 5.55. The van der Waals surface area contributed by atoms with Gasteiger partial charge in [-0.3, -0.25) is 14.2 Å². The number of aromatic nitrogens is 5. The van der Waals surface area contributed by atoms with Crippen LogP contribution >= 0.6 is 0 Å². The molecule has 0 bridgehead atoms. The van der Waals surface area contributed by atoms with E-state index in [4.69, 9.17) is 0 Å². The van der Waals surface area contributed by atoms with E-state index in [1.165, 1.54) is 15.6 Å². The summed E-state index contributed by atoms with van der Waals surface area (Å²) in [5.41, 5.74) is 3.03. The Morgan fingerprint density at radius 2 is 2.08 bits per heavy atom. The van der Waals surface area contributed by atoms with Crippen molar-refractivity contribution in [2.75, 3.05) is 5.32 Å². The third kappa shape index (κ3) is 2.78. The molecule has 124 valence electrons. The molecule has 1 aromatic carbocycles. The first-order valence-electron chi connectivity index (χ1n) is 7.66. The summed E-state index contributed by atoms with van der Waals surface area (Å²) in [6, 6.07) is 5.68. The maximum absolute atomic E-state index is 12.4. The van der Waals surface area contributed by atoms with Gasteiger partial charge >= 0.3 is 0 Å². The molecule has 0 aliphatic rings. The van der Waals surface area contributed by atoms with E-state index in [0.717, 1.165) is 16.8 Å². The summed E-state index contributed by atoms with van der Waals surface area (Å²) < 4.78 is 2.77. The monoisotopic (exact) mass is 326 g/mol. The van der Waals surface area contributed by atoms with Crippen molar-refractivity contribution < 1.29 is 4.79 Å². The van der Waals surface area contributed by atoms with Gasteiger partial charge < -0.3 is 5.32 Å². The zero-order valence-corrected chi connectivity index (χ0v) is 13.8. The molecular weight excluding hydrogens is 308 g/mol. The zero-order chi connectivity index (χ0) is 17.3. The minimum absolute atomic E-state index is 0.131. The molecule has 8 nitrogen and oxygen atoms in total. The van der Waals surface area contributed by atoms with Gasteiger partial charge in [0.1, 0.15) is 12.9 Å². The number of benzene rings is 1. The first-order valence-corrected chi connectivity index (χ1v) is 7.66. The topological polar surface area (TPSA) is 94.7 Å². The molecule has 24 heavy (non-hydrogen) atoms. The molecule has 2 heterocycles. The van der Waals surface area contributed by atoms with Gasteiger partial charge in [-0.1, -0.05) is 17.3 Å². The van der Waals surface area contributed by atoms with Gasteiger partial charge in [0, 0.05) is 12.2 Å². The van der Waals surface area contributed by atoms with Gasteiger partial charge in [0.2, 0.25) is 5.91 Å². The number of fused-ring (bicyclic) bond motifs is 1. The Kier molecular flexibility index (Phi) is 4.11. The van der Waals surface area contributed by atoms with E-state index in [1.54, 1.807) is 0 Å². The van der Waals surface area contributed by atoms with Crippen molar-refractivity contribution in [2.24, 2.45) is 0 Å². The van der Waals surface area contributed by atoms with Crippen LogP contribution < -0.4 is 10.9 Å². The Labute approximate surface area is 138 Å². The largest absolute Gasteiger partial charge is 0.324 e. The number of aryl methyl sites for hydroxylation is 2. The summed E-state index contributed by atoms with van der Waals surface area (Å²) in [6.07, 6.45) is 1.35. The highest BCUT2D eigenvalue weighted by Gasteiger charge is 2.13. The van der Waals surface area contributed by atoms with Crippen LogP contribution in [0.25, 0.3) is 11.2 Å². The molecular formula is C16H18N6O2. The predicted molar refractivity (Wildman–Crippen MR) is 89.8 cm³/mol. The fraction of sp³-hybridized carbons (Fsp3) is 0.312. The van der Waals surface area contributed by atoms with E-state index in [0.29, 0.717) is 12.2 Å². The lowest BCUT2D eigenvalue weighted by molar-refractivity contribution is -0.116. The molecule has 0 fully saturated rings. The third-order valence-corrected chi connectivity index (χ3v) is 3.98. The number of nitrogens with one attached hydrogen (secondary N) is 1. The number of amides is 1. The third-order valence-electron chi connectivity index (χ3n) is 3.98. The molecule has 0 atom stereocenters. The van der Waals surface area contributed by atoms with Crippen LogP contribution in [0.2, 0.25) is 0 Å². The number of hydrogen-bond acceptors (Lipinski definition) is 5. The lowest BCUT2D eigenvalue weighted by Gasteiger charge is -2.11. The lowest BCUT2D eigenvalue weighted by atomic mass is 10.1. The molecule has 0 aliphatic heterocycles. The van der Waals surface area contributed by atoms with Crippen molar-refractivity contribution in [3.63, 3.8) is 0 Å². The van der Waals surface area contributed by atoms with Gasteiger partial charge in [-0.05, 0) is 38.0 Å². The van der Waals surface area contributed by atoms with Gasteiger partial charge in [0.25, 0.3) is 5.56 Å². The average Bonchev–Trinajstić information content (AvgIpc) is 2.98. The second kappa shape index (κ2) is 6.23. The normalized spacial score (nSPS) is 11.0. The first kappa shape index (κ1) is 15.9. The van der Waals surface area contributed by atoms with E-state index in [9.17, 15) is 9.59 Å². The molecule has 0 aliphatic carbocycles. The van der Waals surface area contributed by atoms with Crippen LogP contribution in [-0.2, 0) is 17.9 Å². The molecule has 0 radical (unpaired) electrons. The Morgan fingerprint density at radius 3 is 2.83 bits per heavy atom. The molecule has 3 aromatic rings. The summed E-state index contributed by atoms with van der Waals surface area (Å²) in [7, 11) is 0. The average molecular weight is 326 g/mol. The molecule has 8 heteroatoms. The number of nitrogens with zero attached hydrogens (tertiary/aromatic N) is 5.